The highest BCUT2D eigenvalue weighted by Crippen LogP contribution is 2.23. The first-order chi connectivity index (χ1) is 9.99. The fraction of sp³-hybridized carbons (Fsp3) is 0.231. The molecule has 1 aromatic heterocycles. The summed E-state index contributed by atoms with van der Waals surface area (Å²) in [6.45, 7) is 0.536. The number of carboxylic acid groups (broad SMARTS) is 1. The zero-order valence-corrected chi connectivity index (χ0v) is 11.3. The lowest BCUT2D eigenvalue weighted by Gasteiger charge is -2.07. The Kier molecular flexibility index (Phi) is 4.17. The van der Waals surface area contributed by atoms with E-state index < -0.39 is 16.6 Å². The minimum absolute atomic E-state index is 0.324. The van der Waals surface area contributed by atoms with E-state index >= 15 is 0 Å². The third kappa shape index (κ3) is 3.35. The van der Waals surface area contributed by atoms with Crippen molar-refractivity contribution in [3.05, 3.63) is 52.1 Å². The van der Waals surface area contributed by atoms with Gasteiger partial charge in [0.25, 0.3) is 5.69 Å². The molecule has 0 radical (unpaired) electrons. The molecule has 2 N–H and O–H groups in total. The number of carbonyl (C=O) groups is 1. The van der Waals surface area contributed by atoms with Crippen LogP contribution in [0.4, 0.5) is 11.4 Å². The minimum Gasteiger partial charge on any atom is -0.477 e. The number of imidazole rings is 1. The van der Waals surface area contributed by atoms with Crippen LogP contribution in [0.3, 0.4) is 0 Å². The van der Waals surface area contributed by atoms with Gasteiger partial charge in [-0.15, -0.1) is 0 Å². The molecule has 0 aliphatic rings. The molecule has 0 aliphatic heterocycles. The molecule has 2 aromatic rings. The zero-order chi connectivity index (χ0) is 15.4. The molecule has 0 saturated heterocycles. The van der Waals surface area contributed by atoms with E-state index in [9.17, 15) is 14.9 Å². The molecule has 0 atom stereocenters. The van der Waals surface area contributed by atoms with E-state index in [1.165, 1.54) is 18.2 Å². The molecule has 0 fully saturated rings. The molecule has 0 aliphatic carbocycles. The minimum atomic E-state index is -1.32. The lowest BCUT2D eigenvalue weighted by Crippen LogP contribution is -2.09. The number of nitrogens with one attached hydrogen (secondary N) is 1. The maximum absolute atomic E-state index is 10.9. The van der Waals surface area contributed by atoms with Gasteiger partial charge in [0.15, 0.2) is 0 Å². The van der Waals surface area contributed by atoms with E-state index in [1.807, 2.05) is 17.8 Å². The summed E-state index contributed by atoms with van der Waals surface area (Å²) in [4.78, 5) is 25.3. The number of hydrogen-bond donors (Lipinski definition) is 2. The number of benzene rings is 1. The first kappa shape index (κ1) is 14.5. The summed E-state index contributed by atoms with van der Waals surface area (Å²) in [5.74, 6) is -0.430. The number of nitro benzene ring substituents is 1. The summed E-state index contributed by atoms with van der Waals surface area (Å²) in [5.41, 5.74) is -0.250. The van der Waals surface area contributed by atoms with Gasteiger partial charge in [0.2, 0.25) is 0 Å². The second-order valence-corrected chi connectivity index (χ2v) is 4.43. The Hall–Kier alpha value is -2.90. The Morgan fingerprint density at radius 2 is 2.29 bits per heavy atom. The Labute approximate surface area is 120 Å². The van der Waals surface area contributed by atoms with Crippen LogP contribution in [0.1, 0.15) is 16.2 Å². The predicted octanol–water partition coefficient (Wildman–Crippen LogP) is 1.68. The molecule has 0 unspecified atom stereocenters. The van der Waals surface area contributed by atoms with Crippen molar-refractivity contribution in [2.24, 2.45) is 7.05 Å². The second-order valence-electron chi connectivity index (χ2n) is 4.43. The molecule has 0 saturated carbocycles. The summed E-state index contributed by atoms with van der Waals surface area (Å²) in [6, 6.07) is 3.96. The third-order valence-corrected chi connectivity index (χ3v) is 3.02. The van der Waals surface area contributed by atoms with Gasteiger partial charge in [-0.05, 0) is 12.1 Å². The third-order valence-electron chi connectivity index (χ3n) is 3.02. The highest BCUT2D eigenvalue weighted by atomic mass is 16.6. The SMILES string of the molecule is Cn1ccnc1CCNc1ccc(C(=O)O)c([N+](=O)[O-])c1. The van der Waals surface area contributed by atoms with Crippen LogP contribution in [0, 0.1) is 10.1 Å². The van der Waals surface area contributed by atoms with E-state index in [0.29, 0.717) is 18.7 Å². The van der Waals surface area contributed by atoms with Gasteiger partial charge in [-0.25, -0.2) is 9.78 Å². The summed E-state index contributed by atoms with van der Waals surface area (Å²) < 4.78 is 1.89. The average molecular weight is 290 g/mol. The van der Waals surface area contributed by atoms with Crippen LogP contribution in [-0.4, -0.2) is 32.1 Å². The largest absolute Gasteiger partial charge is 0.477 e. The lowest BCUT2D eigenvalue weighted by molar-refractivity contribution is -0.385. The van der Waals surface area contributed by atoms with Gasteiger partial charge in [0.05, 0.1) is 4.92 Å². The van der Waals surface area contributed by atoms with Crippen LogP contribution in [0.5, 0.6) is 0 Å². The fourth-order valence-electron chi connectivity index (χ4n) is 1.93. The van der Waals surface area contributed by atoms with Crippen molar-refractivity contribution in [3.8, 4) is 0 Å². The number of carboxylic acids is 1. The fourth-order valence-corrected chi connectivity index (χ4v) is 1.93. The van der Waals surface area contributed by atoms with E-state index in [2.05, 4.69) is 10.3 Å². The molecular formula is C13H14N4O4. The number of nitrogens with zero attached hydrogens (tertiary/aromatic N) is 3. The molecule has 8 heteroatoms. The predicted molar refractivity (Wildman–Crippen MR) is 75.5 cm³/mol. The van der Waals surface area contributed by atoms with Crippen molar-refractivity contribution >= 4 is 17.3 Å². The van der Waals surface area contributed by atoms with Crippen LogP contribution in [0.25, 0.3) is 0 Å². The summed E-state index contributed by atoms with van der Waals surface area (Å²) in [5, 5.41) is 22.8. The highest BCUT2D eigenvalue weighted by Gasteiger charge is 2.19. The molecule has 1 aromatic carbocycles. The summed E-state index contributed by atoms with van der Waals surface area (Å²) in [6.07, 6.45) is 4.18. The lowest BCUT2D eigenvalue weighted by atomic mass is 10.1. The van der Waals surface area contributed by atoms with Gasteiger partial charge in [-0.3, -0.25) is 10.1 Å². The van der Waals surface area contributed by atoms with Crippen molar-refractivity contribution in [2.75, 3.05) is 11.9 Å². The number of hydrogen-bond acceptors (Lipinski definition) is 5. The van der Waals surface area contributed by atoms with Gasteiger partial charge in [-0.1, -0.05) is 0 Å². The topological polar surface area (TPSA) is 110 Å². The van der Waals surface area contributed by atoms with Crippen molar-refractivity contribution < 1.29 is 14.8 Å². The number of aromatic nitrogens is 2. The Morgan fingerprint density at radius 1 is 1.52 bits per heavy atom. The number of aromatic carboxylic acids is 1. The van der Waals surface area contributed by atoms with Crippen molar-refractivity contribution in [3.63, 3.8) is 0 Å². The van der Waals surface area contributed by atoms with Gasteiger partial charge in [0, 0.05) is 44.2 Å². The van der Waals surface area contributed by atoms with E-state index in [1.54, 1.807) is 6.20 Å². The molecule has 2 rings (SSSR count). The number of nitro groups is 1. The monoisotopic (exact) mass is 290 g/mol. The number of anilines is 1. The standard InChI is InChI=1S/C13H14N4O4/c1-16-7-6-15-12(16)4-5-14-9-2-3-10(13(18)19)11(8-9)17(20)21/h2-3,6-8,14H,4-5H2,1H3,(H,18,19). The quantitative estimate of drug-likeness (QED) is 0.618. The van der Waals surface area contributed by atoms with Crippen molar-refractivity contribution in [2.45, 2.75) is 6.42 Å². The summed E-state index contributed by atoms with van der Waals surface area (Å²) in [7, 11) is 1.88. The Bertz CT molecular complexity index is 681. The molecule has 0 amide bonds. The van der Waals surface area contributed by atoms with Gasteiger partial charge in [0.1, 0.15) is 11.4 Å². The van der Waals surface area contributed by atoms with Crippen LogP contribution >= 0.6 is 0 Å². The molecular weight excluding hydrogens is 276 g/mol. The van der Waals surface area contributed by atoms with Crippen molar-refractivity contribution in [1.82, 2.24) is 9.55 Å². The smallest absolute Gasteiger partial charge is 0.342 e. The molecule has 0 bridgehead atoms. The first-order valence-corrected chi connectivity index (χ1v) is 6.21. The average Bonchev–Trinajstić information content (AvgIpc) is 2.84. The normalized spacial score (nSPS) is 10.3. The molecule has 21 heavy (non-hydrogen) atoms. The second kappa shape index (κ2) is 6.04. The van der Waals surface area contributed by atoms with Gasteiger partial charge in [-0.2, -0.15) is 0 Å². The van der Waals surface area contributed by atoms with Crippen LogP contribution in [0.15, 0.2) is 30.6 Å². The van der Waals surface area contributed by atoms with Gasteiger partial charge < -0.3 is 15.0 Å². The first-order valence-electron chi connectivity index (χ1n) is 6.21. The van der Waals surface area contributed by atoms with E-state index in [4.69, 9.17) is 5.11 Å². The van der Waals surface area contributed by atoms with Crippen LogP contribution in [-0.2, 0) is 13.5 Å². The van der Waals surface area contributed by atoms with E-state index in [-0.39, 0.29) is 5.56 Å². The van der Waals surface area contributed by atoms with Gasteiger partial charge >= 0.3 is 5.97 Å². The molecule has 110 valence electrons. The number of aryl methyl sites for hydroxylation is 1. The maximum atomic E-state index is 10.9. The maximum Gasteiger partial charge on any atom is 0.342 e. The van der Waals surface area contributed by atoms with Crippen LogP contribution in [0.2, 0.25) is 0 Å². The zero-order valence-electron chi connectivity index (χ0n) is 11.3. The Balaban J connectivity index is 2.07. The Morgan fingerprint density at radius 3 is 2.86 bits per heavy atom. The summed E-state index contributed by atoms with van der Waals surface area (Å²) >= 11 is 0. The number of rotatable bonds is 6. The molecule has 0 spiro atoms. The molecule has 1 heterocycles. The van der Waals surface area contributed by atoms with E-state index in [0.717, 1.165) is 5.82 Å². The molecule has 8 nitrogen and oxygen atoms in total. The highest BCUT2D eigenvalue weighted by molar-refractivity contribution is 5.93. The van der Waals surface area contributed by atoms with Crippen molar-refractivity contribution in [1.29, 1.82) is 0 Å². The van der Waals surface area contributed by atoms with Crippen LogP contribution < -0.4 is 5.32 Å².